The van der Waals surface area contributed by atoms with Gasteiger partial charge < -0.3 is 33.7 Å². The number of Topliss-reactive ketones (excluding diaryl/α,β-unsaturated/α-hetero) is 1. The number of carbonyl (C=O) groups excluding carboxylic acids is 2. The Balaban J connectivity index is 1.80. The van der Waals surface area contributed by atoms with Crippen LogP contribution in [0, 0.1) is 0 Å². The van der Waals surface area contributed by atoms with E-state index in [9.17, 15) is 14.7 Å². The number of unbranched alkanes of at least 4 members (excludes halogenated alkanes) is 1. The van der Waals surface area contributed by atoms with E-state index >= 15 is 0 Å². The smallest absolute Gasteiger partial charge is 0.295 e. The lowest BCUT2D eigenvalue weighted by atomic mass is 9.94. The molecule has 2 aliphatic rings. The first kappa shape index (κ1) is 26.3. The molecule has 2 aromatic rings. The summed E-state index contributed by atoms with van der Waals surface area (Å²) < 4.78 is 28.1. The summed E-state index contributed by atoms with van der Waals surface area (Å²) in [5.74, 6) is 0.346. The van der Waals surface area contributed by atoms with Crippen molar-refractivity contribution in [3.8, 4) is 23.0 Å². The van der Waals surface area contributed by atoms with Crippen molar-refractivity contribution >= 4 is 17.4 Å². The Morgan fingerprint density at radius 3 is 2.51 bits per heavy atom. The lowest BCUT2D eigenvalue weighted by Gasteiger charge is -2.26. The minimum absolute atomic E-state index is 0.0140. The minimum Gasteiger partial charge on any atom is -0.507 e. The standard InChI is InChI=1S/C28H33NO8/c1-4-6-12-35-20-9-7-18(16-22(20)34-5-2)25-24(27(31)28(32)29(25)11-13-33-3)26(30)19-8-10-21-23(17-19)37-15-14-36-21/h7-10,16-17,25,30H,4-6,11-15H2,1-3H3/b26-24+/t25-/m0/s1. The molecule has 37 heavy (non-hydrogen) atoms. The van der Waals surface area contributed by atoms with Gasteiger partial charge in [-0.25, -0.2) is 0 Å². The van der Waals surface area contributed by atoms with Crippen molar-refractivity contribution in [2.75, 3.05) is 46.7 Å². The van der Waals surface area contributed by atoms with E-state index in [4.69, 9.17) is 23.7 Å². The van der Waals surface area contributed by atoms with Crippen molar-refractivity contribution in [2.45, 2.75) is 32.7 Å². The maximum Gasteiger partial charge on any atom is 0.295 e. The number of ether oxygens (including phenoxy) is 5. The molecule has 1 amide bonds. The van der Waals surface area contributed by atoms with Gasteiger partial charge in [0.1, 0.15) is 19.0 Å². The Kier molecular flexibility index (Phi) is 8.55. The van der Waals surface area contributed by atoms with Crippen molar-refractivity contribution in [2.24, 2.45) is 0 Å². The summed E-state index contributed by atoms with van der Waals surface area (Å²) in [6.45, 7) is 6.12. The molecule has 9 nitrogen and oxygen atoms in total. The Hall–Kier alpha value is -3.72. The predicted octanol–water partition coefficient (Wildman–Crippen LogP) is 4.10. The number of nitrogens with zero attached hydrogens (tertiary/aromatic N) is 1. The van der Waals surface area contributed by atoms with Crippen LogP contribution < -0.4 is 18.9 Å². The first-order valence-corrected chi connectivity index (χ1v) is 12.6. The summed E-state index contributed by atoms with van der Waals surface area (Å²) in [7, 11) is 1.52. The number of likely N-dealkylation sites (tertiary alicyclic amines) is 1. The molecule has 4 rings (SSSR count). The van der Waals surface area contributed by atoms with E-state index in [1.807, 2.05) is 6.92 Å². The number of hydrogen-bond acceptors (Lipinski definition) is 8. The maximum absolute atomic E-state index is 13.3. The first-order chi connectivity index (χ1) is 18.0. The molecule has 0 aliphatic carbocycles. The topological polar surface area (TPSA) is 104 Å². The van der Waals surface area contributed by atoms with Crippen LogP contribution in [0.3, 0.4) is 0 Å². The van der Waals surface area contributed by atoms with Gasteiger partial charge in [-0.05, 0) is 49.2 Å². The number of ketones is 1. The van der Waals surface area contributed by atoms with E-state index in [2.05, 4.69) is 6.92 Å². The normalized spacial score (nSPS) is 18.2. The van der Waals surface area contributed by atoms with E-state index < -0.39 is 17.7 Å². The van der Waals surface area contributed by atoms with Gasteiger partial charge in [0.25, 0.3) is 11.7 Å². The molecule has 2 aromatic carbocycles. The highest BCUT2D eigenvalue weighted by atomic mass is 16.6. The maximum atomic E-state index is 13.3. The number of carbonyl (C=O) groups is 2. The van der Waals surface area contributed by atoms with Crippen LogP contribution in [-0.2, 0) is 14.3 Å². The van der Waals surface area contributed by atoms with Crippen LogP contribution in [-0.4, -0.2) is 68.4 Å². The number of fused-ring (bicyclic) bond motifs is 1. The van der Waals surface area contributed by atoms with E-state index in [0.29, 0.717) is 60.6 Å². The van der Waals surface area contributed by atoms with Crippen LogP contribution in [0.15, 0.2) is 42.0 Å². The Labute approximate surface area is 216 Å². The van der Waals surface area contributed by atoms with Crippen LogP contribution in [0.5, 0.6) is 23.0 Å². The zero-order chi connectivity index (χ0) is 26.4. The van der Waals surface area contributed by atoms with Gasteiger partial charge in [0, 0.05) is 19.2 Å². The SMILES string of the molecule is CCCCOc1ccc([C@H]2/C(=C(\O)c3ccc4c(c3)OCCO4)C(=O)C(=O)N2CCOC)cc1OCC. The van der Waals surface area contributed by atoms with Crippen LogP contribution in [0.2, 0.25) is 0 Å². The number of aliphatic hydroxyl groups excluding tert-OH is 1. The third kappa shape index (κ3) is 5.51. The molecule has 0 spiro atoms. The summed E-state index contributed by atoms with van der Waals surface area (Å²) in [5.41, 5.74) is 0.948. The number of hydrogen-bond donors (Lipinski definition) is 1. The fraction of sp³-hybridized carbons (Fsp3) is 0.429. The van der Waals surface area contributed by atoms with Crippen LogP contribution in [0.4, 0.5) is 0 Å². The van der Waals surface area contributed by atoms with Crippen LogP contribution >= 0.6 is 0 Å². The molecule has 0 radical (unpaired) electrons. The Morgan fingerprint density at radius 2 is 1.78 bits per heavy atom. The van der Waals surface area contributed by atoms with Crippen molar-refractivity contribution < 1.29 is 38.4 Å². The molecule has 1 fully saturated rings. The van der Waals surface area contributed by atoms with Gasteiger partial charge in [0.15, 0.2) is 23.0 Å². The second-order valence-corrected chi connectivity index (χ2v) is 8.68. The van der Waals surface area contributed by atoms with Gasteiger partial charge in [-0.15, -0.1) is 0 Å². The lowest BCUT2D eigenvalue weighted by Crippen LogP contribution is -2.32. The number of methoxy groups -OCH3 is 1. The summed E-state index contributed by atoms with van der Waals surface area (Å²) in [4.78, 5) is 27.8. The van der Waals surface area contributed by atoms with Crippen molar-refractivity contribution in [3.63, 3.8) is 0 Å². The molecule has 198 valence electrons. The molecular formula is C28H33NO8. The molecule has 9 heteroatoms. The minimum atomic E-state index is -0.841. The van der Waals surface area contributed by atoms with Crippen LogP contribution in [0.25, 0.3) is 5.76 Å². The molecule has 1 atom stereocenters. The zero-order valence-electron chi connectivity index (χ0n) is 21.5. The van der Waals surface area contributed by atoms with E-state index in [1.54, 1.807) is 36.4 Å². The summed E-state index contributed by atoms with van der Waals surface area (Å²) in [6.07, 6.45) is 1.90. The molecule has 1 N–H and O–H groups in total. The molecular weight excluding hydrogens is 478 g/mol. The third-order valence-corrected chi connectivity index (χ3v) is 6.23. The summed E-state index contributed by atoms with van der Waals surface area (Å²) >= 11 is 0. The fourth-order valence-corrected chi connectivity index (χ4v) is 4.40. The highest BCUT2D eigenvalue weighted by Crippen LogP contribution is 2.43. The molecule has 0 aromatic heterocycles. The van der Waals surface area contributed by atoms with Gasteiger partial charge >= 0.3 is 0 Å². The average Bonchev–Trinajstić information content (AvgIpc) is 3.17. The van der Waals surface area contributed by atoms with Gasteiger partial charge in [-0.2, -0.15) is 0 Å². The molecule has 2 aliphatic heterocycles. The van der Waals surface area contributed by atoms with E-state index in [1.165, 1.54) is 12.0 Å². The second kappa shape index (κ2) is 12.0. The zero-order valence-corrected chi connectivity index (χ0v) is 21.5. The summed E-state index contributed by atoms with van der Waals surface area (Å²) in [5, 5.41) is 11.4. The van der Waals surface area contributed by atoms with E-state index in [0.717, 1.165) is 12.8 Å². The van der Waals surface area contributed by atoms with Crippen molar-refractivity contribution in [1.29, 1.82) is 0 Å². The number of amides is 1. The van der Waals surface area contributed by atoms with Crippen molar-refractivity contribution in [3.05, 3.63) is 53.1 Å². The lowest BCUT2D eigenvalue weighted by molar-refractivity contribution is -0.140. The third-order valence-electron chi connectivity index (χ3n) is 6.23. The highest BCUT2D eigenvalue weighted by Gasteiger charge is 2.46. The molecule has 2 heterocycles. The van der Waals surface area contributed by atoms with Crippen molar-refractivity contribution in [1.82, 2.24) is 4.90 Å². The number of aliphatic hydroxyl groups is 1. The van der Waals surface area contributed by atoms with Gasteiger partial charge in [0.2, 0.25) is 0 Å². The van der Waals surface area contributed by atoms with Gasteiger partial charge in [-0.3, -0.25) is 9.59 Å². The molecule has 1 saturated heterocycles. The number of benzene rings is 2. The molecule has 0 saturated carbocycles. The fourth-order valence-electron chi connectivity index (χ4n) is 4.40. The highest BCUT2D eigenvalue weighted by molar-refractivity contribution is 6.46. The Bertz CT molecular complexity index is 1170. The Morgan fingerprint density at radius 1 is 1.00 bits per heavy atom. The van der Waals surface area contributed by atoms with Crippen LogP contribution in [0.1, 0.15) is 43.9 Å². The molecule has 0 bridgehead atoms. The summed E-state index contributed by atoms with van der Waals surface area (Å²) in [6, 6.07) is 9.41. The largest absolute Gasteiger partial charge is 0.507 e. The van der Waals surface area contributed by atoms with E-state index in [-0.39, 0.29) is 24.5 Å². The van der Waals surface area contributed by atoms with Gasteiger partial charge in [-0.1, -0.05) is 19.4 Å². The average molecular weight is 512 g/mol. The number of rotatable bonds is 11. The quantitative estimate of drug-likeness (QED) is 0.208. The first-order valence-electron chi connectivity index (χ1n) is 12.6. The monoisotopic (exact) mass is 511 g/mol. The second-order valence-electron chi connectivity index (χ2n) is 8.68. The molecule has 0 unspecified atom stereocenters. The van der Waals surface area contributed by atoms with Gasteiger partial charge in [0.05, 0.1) is 31.4 Å². The predicted molar refractivity (Wildman–Crippen MR) is 136 cm³/mol.